The Morgan fingerprint density at radius 2 is 1.33 bits per heavy atom. The summed E-state index contributed by atoms with van der Waals surface area (Å²) in [6, 6.07) is 16.1. The average Bonchev–Trinajstić information content (AvgIpc) is 2.71. The van der Waals surface area contributed by atoms with Crippen LogP contribution in [-0.4, -0.2) is 54.4 Å². The fourth-order valence-electron chi connectivity index (χ4n) is 3.36. The normalized spacial score (nSPS) is 16.6. The maximum absolute atomic E-state index is 12.7. The van der Waals surface area contributed by atoms with E-state index in [4.69, 9.17) is 0 Å². The molecule has 0 aromatic heterocycles. The predicted molar refractivity (Wildman–Crippen MR) is 115 cm³/mol. The lowest BCUT2D eigenvalue weighted by Crippen LogP contribution is -2.51. The van der Waals surface area contributed by atoms with E-state index in [0.717, 1.165) is 27.0 Å². The number of rotatable bonds is 4. The van der Waals surface area contributed by atoms with Gasteiger partial charge in [0.05, 0.1) is 6.04 Å². The van der Waals surface area contributed by atoms with Gasteiger partial charge in [-0.1, -0.05) is 56.1 Å². The van der Waals surface area contributed by atoms with E-state index in [2.05, 4.69) is 41.5 Å². The first-order valence-corrected chi connectivity index (χ1v) is 11.0. The molecule has 3 rings (SSSR count). The zero-order valence-corrected chi connectivity index (χ0v) is 19.4. The van der Waals surface area contributed by atoms with Gasteiger partial charge in [0.1, 0.15) is 0 Å². The predicted octanol–water partition coefficient (Wildman–Crippen LogP) is 6.01. The molecule has 0 saturated carbocycles. The van der Waals surface area contributed by atoms with E-state index in [0.29, 0.717) is 26.2 Å². The van der Waals surface area contributed by atoms with Crippen LogP contribution in [-0.2, 0) is 4.74 Å². The summed E-state index contributed by atoms with van der Waals surface area (Å²) < 4.78 is 44.5. The number of halogens is 5. The van der Waals surface area contributed by atoms with Gasteiger partial charge in [-0.3, -0.25) is 4.90 Å². The fourth-order valence-corrected chi connectivity index (χ4v) is 3.89. The summed E-state index contributed by atoms with van der Waals surface area (Å²) in [5.41, 5.74) is 2.20. The van der Waals surface area contributed by atoms with Crippen molar-refractivity contribution >= 4 is 38.0 Å². The molecule has 1 atom stereocenters. The number of amides is 1. The molecule has 9 heteroatoms. The molecule has 30 heavy (non-hydrogen) atoms. The Labute approximate surface area is 190 Å². The molecule has 2 aromatic carbocycles. The first kappa shape index (κ1) is 23.1. The minimum Gasteiger partial charge on any atom is -0.437 e. The van der Waals surface area contributed by atoms with Crippen LogP contribution in [0.4, 0.5) is 18.0 Å². The van der Waals surface area contributed by atoms with Gasteiger partial charge in [0.25, 0.3) is 0 Å². The van der Waals surface area contributed by atoms with Crippen molar-refractivity contribution in [2.45, 2.75) is 25.2 Å². The van der Waals surface area contributed by atoms with E-state index in [1.807, 2.05) is 48.5 Å². The summed E-state index contributed by atoms with van der Waals surface area (Å²) in [4.78, 5) is 15.7. The maximum atomic E-state index is 12.7. The third-order valence-corrected chi connectivity index (χ3v) is 6.10. The average molecular weight is 550 g/mol. The molecule has 1 heterocycles. The highest BCUT2D eigenvalue weighted by Crippen LogP contribution is 2.31. The minimum atomic E-state index is -4.56. The zero-order valence-electron chi connectivity index (χ0n) is 16.2. The third-order valence-electron chi connectivity index (χ3n) is 5.05. The highest BCUT2D eigenvalue weighted by Gasteiger charge is 2.40. The molecule has 0 aliphatic carbocycles. The van der Waals surface area contributed by atoms with Gasteiger partial charge in [0, 0.05) is 35.1 Å². The Morgan fingerprint density at radius 1 is 0.900 bits per heavy atom. The number of hydrogen-bond donors (Lipinski definition) is 0. The molecule has 0 radical (unpaired) electrons. The second kappa shape index (κ2) is 9.70. The second-order valence-electron chi connectivity index (χ2n) is 7.10. The second-order valence-corrected chi connectivity index (χ2v) is 8.93. The Bertz CT molecular complexity index is 807. The molecule has 1 unspecified atom stereocenters. The molecule has 162 valence electrons. The molecule has 0 spiro atoms. The first-order chi connectivity index (χ1) is 14.1. The van der Waals surface area contributed by atoms with Gasteiger partial charge in [-0.15, -0.1) is 0 Å². The van der Waals surface area contributed by atoms with Crippen molar-refractivity contribution in [1.82, 2.24) is 9.80 Å². The lowest BCUT2D eigenvalue weighted by molar-refractivity contribution is -0.200. The molecular weight excluding hydrogens is 529 g/mol. The molecular formula is C21H21Br2F3N2O2. The van der Waals surface area contributed by atoms with Crippen LogP contribution < -0.4 is 0 Å². The van der Waals surface area contributed by atoms with Crippen molar-refractivity contribution < 1.29 is 22.7 Å². The van der Waals surface area contributed by atoms with Crippen LogP contribution in [0.1, 0.15) is 24.1 Å². The van der Waals surface area contributed by atoms with Crippen LogP contribution in [0.5, 0.6) is 0 Å². The van der Waals surface area contributed by atoms with Crippen molar-refractivity contribution in [3.8, 4) is 0 Å². The number of piperazine rings is 1. The SMILES string of the molecule is CC(OC(=O)N1CCN(C(c2ccc(Br)cc2)c2ccc(Br)cc2)CC1)C(F)(F)F. The molecule has 0 bridgehead atoms. The zero-order chi connectivity index (χ0) is 21.9. The lowest BCUT2D eigenvalue weighted by atomic mass is 9.96. The number of alkyl halides is 3. The maximum Gasteiger partial charge on any atom is 0.425 e. The minimum absolute atomic E-state index is 0.0292. The summed E-state index contributed by atoms with van der Waals surface area (Å²) >= 11 is 6.91. The van der Waals surface area contributed by atoms with Gasteiger partial charge in [-0.25, -0.2) is 4.79 Å². The molecule has 1 fully saturated rings. The van der Waals surface area contributed by atoms with E-state index in [9.17, 15) is 18.0 Å². The summed E-state index contributed by atoms with van der Waals surface area (Å²) in [6.07, 6.45) is -7.62. The molecule has 1 amide bonds. The topological polar surface area (TPSA) is 32.8 Å². The largest absolute Gasteiger partial charge is 0.437 e. The number of carbonyl (C=O) groups excluding carboxylic acids is 1. The first-order valence-electron chi connectivity index (χ1n) is 9.42. The van der Waals surface area contributed by atoms with Crippen LogP contribution in [0.15, 0.2) is 57.5 Å². The van der Waals surface area contributed by atoms with Gasteiger partial charge in [-0.2, -0.15) is 13.2 Å². The van der Waals surface area contributed by atoms with E-state index in [1.54, 1.807) is 0 Å². The third kappa shape index (κ3) is 5.76. The van der Waals surface area contributed by atoms with Gasteiger partial charge in [-0.05, 0) is 42.3 Å². The van der Waals surface area contributed by atoms with E-state index < -0.39 is 18.4 Å². The Kier molecular flexibility index (Phi) is 7.47. The number of benzene rings is 2. The number of carbonyl (C=O) groups is 1. The molecule has 0 N–H and O–H groups in total. The molecule has 2 aromatic rings. The van der Waals surface area contributed by atoms with E-state index >= 15 is 0 Å². The molecule has 1 aliphatic rings. The van der Waals surface area contributed by atoms with E-state index in [1.165, 1.54) is 4.90 Å². The van der Waals surface area contributed by atoms with Crippen LogP contribution >= 0.6 is 31.9 Å². The van der Waals surface area contributed by atoms with Crippen LogP contribution in [0.3, 0.4) is 0 Å². The lowest BCUT2D eigenvalue weighted by Gasteiger charge is -2.39. The number of nitrogens with zero attached hydrogens (tertiary/aromatic N) is 2. The van der Waals surface area contributed by atoms with Crippen LogP contribution in [0, 0.1) is 0 Å². The van der Waals surface area contributed by atoms with Gasteiger partial charge < -0.3 is 9.64 Å². The smallest absolute Gasteiger partial charge is 0.425 e. The number of ether oxygens (including phenoxy) is 1. The van der Waals surface area contributed by atoms with Crippen molar-refractivity contribution in [2.24, 2.45) is 0 Å². The van der Waals surface area contributed by atoms with Gasteiger partial charge >= 0.3 is 12.3 Å². The Hall–Kier alpha value is -1.58. The highest BCUT2D eigenvalue weighted by molar-refractivity contribution is 9.10. The molecule has 4 nitrogen and oxygen atoms in total. The van der Waals surface area contributed by atoms with Crippen molar-refractivity contribution in [1.29, 1.82) is 0 Å². The van der Waals surface area contributed by atoms with Crippen LogP contribution in [0.25, 0.3) is 0 Å². The number of hydrogen-bond acceptors (Lipinski definition) is 3. The molecule has 1 aliphatic heterocycles. The van der Waals surface area contributed by atoms with Crippen molar-refractivity contribution in [3.05, 3.63) is 68.6 Å². The monoisotopic (exact) mass is 548 g/mol. The van der Waals surface area contributed by atoms with Crippen molar-refractivity contribution in [2.75, 3.05) is 26.2 Å². The molecule has 1 saturated heterocycles. The summed E-state index contributed by atoms with van der Waals surface area (Å²) in [5.74, 6) is 0. The van der Waals surface area contributed by atoms with Gasteiger partial charge in [0.15, 0.2) is 6.10 Å². The summed E-state index contributed by atoms with van der Waals surface area (Å²) in [7, 11) is 0. The summed E-state index contributed by atoms with van der Waals surface area (Å²) in [6.45, 7) is 2.48. The van der Waals surface area contributed by atoms with Crippen LogP contribution in [0.2, 0.25) is 0 Å². The van der Waals surface area contributed by atoms with Crippen molar-refractivity contribution in [3.63, 3.8) is 0 Å². The quantitative estimate of drug-likeness (QED) is 0.468. The van der Waals surface area contributed by atoms with Gasteiger partial charge in [0.2, 0.25) is 0 Å². The fraction of sp³-hybridized carbons (Fsp3) is 0.381. The van der Waals surface area contributed by atoms with E-state index in [-0.39, 0.29) is 6.04 Å². The standard InChI is InChI=1S/C21H21Br2F3N2O2/c1-14(21(24,25)26)30-20(29)28-12-10-27(11-13-28)19(15-2-6-17(22)7-3-15)16-4-8-18(23)9-5-16/h2-9,14,19H,10-13H2,1H3. The Morgan fingerprint density at radius 3 is 1.73 bits per heavy atom. The highest BCUT2D eigenvalue weighted by atomic mass is 79.9. The summed E-state index contributed by atoms with van der Waals surface area (Å²) in [5, 5.41) is 0. The Balaban J connectivity index is 1.73.